The molecule has 0 saturated heterocycles. The number of anilines is 1. The van der Waals surface area contributed by atoms with Crippen molar-refractivity contribution in [3.8, 4) is 11.5 Å². The Morgan fingerprint density at radius 2 is 1.65 bits per heavy atom. The number of nitrogens with one attached hydrogen (secondary N) is 1. The van der Waals surface area contributed by atoms with Crippen LogP contribution < -0.4 is 14.2 Å². The van der Waals surface area contributed by atoms with Crippen LogP contribution >= 0.6 is 0 Å². The second kappa shape index (κ2) is 6.02. The summed E-state index contributed by atoms with van der Waals surface area (Å²) < 4.78 is 39.6. The molecule has 1 heterocycles. The van der Waals surface area contributed by atoms with Crippen molar-refractivity contribution in [1.29, 1.82) is 0 Å². The number of ether oxygens (including phenoxy) is 2. The van der Waals surface area contributed by atoms with Crippen molar-refractivity contribution in [3.05, 3.63) is 48.0 Å². The van der Waals surface area contributed by atoms with E-state index in [0.717, 1.165) is 25.7 Å². The fourth-order valence-corrected chi connectivity index (χ4v) is 4.41. The highest BCUT2D eigenvalue weighted by atomic mass is 32.2. The molecule has 1 aliphatic carbocycles. The van der Waals surface area contributed by atoms with Crippen LogP contribution in [-0.4, -0.2) is 20.0 Å². The molecule has 2 aromatic carbocycles. The van der Waals surface area contributed by atoms with Crippen LogP contribution in [0.1, 0.15) is 43.0 Å². The third-order valence-corrected chi connectivity index (χ3v) is 6.12. The van der Waals surface area contributed by atoms with E-state index in [4.69, 9.17) is 9.47 Å². The average molecular weight is 373 g/mol. The molecule has 1 fully saturated rings. The molecule has 7 heteroatoms. The van der Waals surface area contributed by atoms with Gasteiger partial charge in [-0.3, -0.25) is 9.52 Å². The summed E-state index contributed by atoms with van der Waals surface area (Å²) in [6.45, 7) is 1.44. The second-order valence-electron chi connectivity index (χ2n) is 6.67. The minimum atomic E-state index is -3.76. The van der Waals surface area contributed by atoms with Gasteiger partial charge in [0.25, 0.3) is 15.8 Å². The quantitative estimate of drug-likeness (QED) is 0.826. The molecule has 0 aromatic heterocycles. The van der Waals surface area contributed by atoms with Gasteiger partial charge in [0.05, 0.1) is 10.6 Å². The van der Waals surface area contributed by atoms with Crippen molar-refractivity contribution < 1.29 is 22.7 Å². The van der Waals surface area contributed by atoms with Gasteiger partial charge in [-0.25, -0.2) is 8.42 Å². The van der Waals surface area contributed by atoms with Crippen molar-refractivity contribution in [1.82, 2.24) is 0 Å². The van der Waals surface area contributed by atoms with Gasteiger partial charge >= 0.3 is 0 Å². The van der Waals surface area contributed by atoms with Crippen molar-refractivity contribution in [2.24, 2.45) is 0 Å². The molecule has 2 aromatic rings. The van der Waals surface area contributed by atoms with E-state index in [-0.39, 0.29) is 10.7 Å². The lowest BCUT2D eigenvalue weighted by Crippen LogP contribution is -2.34. The first-order valence-electron chi connectivity index (χ1n) is 8.53. The van der Waals surface area contributed by atoms with Crippen LogP contribution in [0.5, 0.6) is 11.5 Å². The molecule has 0 unspecified atom stereocenters. The summed E-state index contributed by atoms with van der Waals surface area (Å²) in [7, 11) is -3.76. The molecule has 2 aliphatic rings. The largest absolute Gasteiger partial charge is 0.448 e. The van der Waals surface area contributed by atoms with Gasteiger partial charge in [-0.2, -0.15) is 0 Å². The van der Waals surface area contributed by atoms with Crippen LogP contribution in [0.4, 0.5) is 5.69 Å². The summed E-state index contributed by atoms with van der Waals surface area (Å²) in [4.78, 5) is 11.4. The Morgan fingerprint density at radius 3 is 2.31 bits per heavy atom. The van der Waals surface area contributed by atoms with E-state index in [1.54, 1.807) is 18.2 Å². The van der Waals surface area contributed by atoms with E-state index in [9.17, 15) is 13.2 Å². The fourth-order valence-electron chi connectivity index (χ4n) is 3.36. The highest BCUT2D eigenvalue weighted by Crippen LogP contribution is 2.47. The predicted molar refractivity (Wildman–Crippen MR) is 96.2 cm³/mol. The van der Waals surface area contributed by atoms with Crippen LogP contribution in [0.2, 0.25) is 0 Å². The molecule has 136 valence electrons. The second-order valence-corrected chi connectivity index (χ2v) is 8.35. The highest BCUT2D eigenvalue weighted by molar-refractivity contribution is 7.92. The number of Topliss-reactive ketones (excluding diaryl/α,β-unsaturated/α-hetero) is 1. The van der Waals surface area contributed by atoms with Gasteiger partial charge in [-0.15, -0.1) is 0 Å². The Labute approximate surface area is 152 Å². The van der Waals surface area contributed by atoms with Gasteiger partial charge in [-0.05, 0) is 44.0 Å². The first-order chi connectivity index (χ1) is 12.4. The predicted octanol–water partition coefficient (Wildman–Crippen LogP) is 3.73. The van der Waals surface area contributed by atoms with Crippen molar-refractivity contribution >= 4 is 21.5 Å². The van der Waals surface area contributed by atoms with Gasteiger partial charge in [-0.1, -0.05) is 12.1 Å². The first-order valence-corrected chi connectivity index (χ1v) is 10.0. The van der Waals surface area contributed by atoms with Gasteiger partial charge in [0.2, 0.25) is 0 Å². The lowest BCUT2D eigenvalue weighted by Gasteiger charge is -2.21. The van der Waals surface area contributed by atoms with E-state index in [0.29, 0.717) is 22.7 Å². The Hall–Kier alpha value is -2.54. The Morgan fingerprint density at radius 1 is 1.00 bits per heavy atom. The number of carbonyl (C=O) groups is 1. The molecule has 0 bridgehead atoms. The highest BCUT2D eigenvalue weighted by Gasteiger charge is 2.44. The molecular formula is C19H19NO5S. The summed E-state index contributed by atoms with van der Waals surface area (Å²) in [5, 5.41) is 0. The van der Waals surface area contributed by atoms with Gasteiger partial charge < -0.3 is 9.47 Å². The zero-order valence-corrected chi connectivity index (χ0v) is 15.1. The van der Waals surface area contributed by atoms with E-state index >= 15 is 0 Å². The van der Waals surface area contributed by atoms with E-state index in [1.165, 1.54) is 31.2 Å². The molecular weight excluding hydrogens is 354 g/mol. The molecule has 1 N–H and O–H groups in total. The van der Waals surface area contributed by atoms with E-state index in [1.807, 2.05) is 0 Å². The Bertz CT molecular complexity index is 960. The minimum Gasteiger partial charge on any atom is -0.448 e. The lowest BCUT2D eigenvalue weighted by atomic mass is 10.2. The minimum absolute atomic E-state index is 0.0902. The Balaban J connectivity index is 1.55. The molecule has 1 saturated carbocycles. The zero-order valence-electron chi connectivity index (χ0n) is 14.3. The van der Waals surface area contributed by atoms with Crippen LogP contribution in [-0.2, 0) is 10.0 Å². The lowest BCUT2D eigenvalue weighted by molar-refractivity contribution is -0.0716. The molecule has 6 nitrogen and oxygen atoms in total. The maximum Gasteiger partial charge on any atom is 0.261 e. The normalized spacial score (nSPS) is 17.4. The Kier molecular flexibility index (Phi) is 3.91. The number of rotatable bonds is 4. The maximum absolute atomic E-state index is 12.6. The molecule has 26 heavy (non-hydrogen) atoms. The van der Waals surface area contributed by atoms with E-state index < -0.39 is 15.8 Å². The molecule has 0 atom stereocenters. The summed E-state index contributed by atoms with van der Waals surface area (Å²) in [6.07, 6.45) is 3.80. The summed E-state index contributed by atoms with van der Waals surface area (Å²) in [5.74, 6) is 0.501. The number of sulfonamides is 1. The third-order valence-electron chi connectivity index (χ3n) is 4.72. The van der Waals surface area contributed by atoms with E-state index in [2.05, 4.69) is 4.72 Å². The SMILES string of the molecule is CC(=O)c1ccc(S(=O)(=O)Nc2ccc3c(c2)OC2(CCCC2)O3)cc1. The van der Waals surface area contributed by atoms with Gasteiger partial charge in [0.1, 0.15) is 0 Å². The summed E-state index contributed by atoms with van der Waals surface area (Å²) in [5.41, 5.74) is 0.868. The third kappa shape index (κ3) is 3.03. The number of benzene rings is 2. The number of carbonyl (C=O) groups excluding carboxylic acids is 1. The van der Waals surface area contributed by atoms with Crippen LogP contribution in [0, 0.1) is 0 Å². The monoisotopic (exact) mass is 373 g/mol. The van der Waals surface area contributed by atoms with Crippen molar-refractivity contribution in [3.63, 3.8) is 0 Å². The standard InChI is InChI=1S/C19H19NO5S/c1-13(21)14-4-7-16(8-5-14)26(22,23)20-15-6-9-17-18(12-15)25-19(24-17)10-2-3-11-19/h4-9,12,20H,2-3,10-11H2,1H3. The maximum atomic E-state index is 12.6. The summed E-state index contributed by atoms with van der Waals surface area (Å²) >= 11 is 0. The summed E-state index contributed by atoms with van der Waals surface area (Å²) in [6, 6.07) is 10.8. The van der Waals surface area contributed by atoms with Gasteiger partial charge in [0, 0.05) is 24.5 Å². The van der Waals surface area contributed by atoms with Crippen molar-refractivity contribution in [2.45, 2.75) is 43.3 Å². The molecule has 1 aliphatic heterocycles. The molecule has 0 radical (unpaired) electrons. The first kappa shape index (κ1) is 16.9. The average Bonchev–Trinajstić information content (AvgIpc) is 3.20. The van der Waals surface area contributed by atoms with Gasteiger partial charge in [0.15, 0.2) is 17.3 Å². The molecule has 1 spiro atoms. The number of hydrogen-bond acceptors (Lipinski definition) is 5. The fraction of sp³-hybridized carbons (Fsp3) is 0.316. The molecule has 4 rings (SSSR count). The number of fused-ring (bicyclic) bond motifs is 1. The van der Waals surface area contributed by atoms with Crippen molar-refractivity contribution in [2.75, 3.05) is 4.72 Å². The zero-order chi connectivity index (χ0) is 18.4. The molecule has 0 amide bonds. The number of ketones is 1. The smallest absolute Gasteiger partial charge is 0.261 e. The van der Waals surface area contributed by atoms with Crippen LogP contribution in [0.25, 0.3) is 0 Å². The number of hydrogen-bond donors (Lipinski definition) is 1. The van der Waals surface area contributed by atoms with Crippen LogP contribution in [0.3, 0.4) is 0 Å². The van der Waals surface area contributed by atoms with Crippen LogP contribution in [0.15, 0.2) is 47.4 Å². The topological polar surface area (TPSA) is 81.7 Å².